The van der Waals surface area contributed by atoms with Gasteiger partial charge in [0.15, 0.2) is 11.5 Å². The van der Waals surface area contributed by atoms with Gasteiger partial charge in [0.1, 0.15) is 17.7 Å². The van der Waals surface area contributed by atoms with Gasteiger partial charge < -0.3 is 25.6 Å². The molecule has 9 heteroatoms. The lowest BCUT2D eigenvalue weighted by atomic mass is 10.1. The lowest BCUT2D eigenvalue weighted by Crippen LogP contribution is -2.16. The molecule has 9 nitrogen and oxygen atoms in total. The average molecular weight is 458 g/mol. The van der Waals surface area contributed by atoms with Crippen LogP contribution in [0.4, 0.5) is 11.5 Å². The number of nitrogens with zero attached hydrogens (tertiary/aromatic N) is 4. The quantitative estimate of drug-likeness (QED) is 0.285. The Kier molecular flexibility index (Phi) is 7.26. The third-order valence-electron chi connectivity index (χ3n) is 5.15. The number of anilines is 2. The first-order valence-corrected chi connectivity index (χ1v) is 10.9. The van der Waals surface area contributed by atoms with Gasteiger partial charge in [-0.25, -0.2) is 15.0 Å². The number of amides is 1. The molecule has 2 heterocycles. The number of H-pyrrole nitrogens is 1. The predicted molar refractivity (Wildman–Crippen MR) is 133 cm³/mol. The Morgan fingerprint density at radius 2 is 1.88 bits per heavy atom. The second-order valence-corrected chi connectivity index (χ2v) is 8.03. The van der Waals surface area contributed by atoms with Gasteiger partial charge in [-0.05, 0) is 43.9 Å². The van der Waals surface area contributed by atoms with E-state index in [9.17, 15) is 9.90 Å². The number of fused-ring (bicyclic) bond motifs is 1. The zero-order valence-electron chi connectivity index (χ0n) is 19.1. The van der Waals surface area contributed by atoms with Crippen molar-refractivity contribution in [2.75, 3.05) is 37.9 Å². The van der Waals surface area contributed by atoms with Crippen LogP contribution in [0.3, 0.4) is 0 Å². The number of aromatic nitrogens is 4. The van der Waals surface area contributed by atoms with Gasteiger partial charge >= 0.3 is 0 Å². The van der Waals surface area contributed by atoms with E-state index in [1.54, 1.807) is 0 Å². The summed E-state index contributed by atoms with van der Waals surface area (Å²) < 4.78 is 0. The minimum atomic E-state index is -0.319. The number of imidazole rings is 1. The lowest BCUT2D eigenvalue weighted by molar-refractivity contribution is -0.111. The van der Waals surface area contributed by atoms with Crippen molar-refractivity contribution in [2.24, 2.45) is 0 Å². The minimum absolute atomic E-state index is 0.0893. The van der Waals surface area contributed by atoms with E-state index in [1.165, 1.54) is 12.4 Å². The molecule has 0 aliphatic carbocycles. The molecule has 2 aromatic carbocycles. The number of likely N-dealkylation sites (N-methyl/N-ethyl adjacent to an activating group) is 1. The maximum absolute atomic E-state index is 12.0. The van der Waals surface area contributed by atoms with Crippen LogP contribution in [0.5, 0.6) is 0 Å². The summed E-state index contributed by atoms with van der Waals surface area (Å²) >= 11 is 0. The summed E-state index contributed by atoms with van der Waals surface area (Å²) in [5, 5.41) is 16.0. The van der Waals surface area contributed by atoms with Crippen LogP contribution in [-0.2, 0) is 4.79 Å². The van der Waals surface area contributed by atoms with Crippen LogP contribution in [-0.4, -0.2) is 63.1 Å². The largest absolute Gasteiger partial charge is 0.394 e. The standard InChI is InChI=1S/C25H27N7O2/c1-32(2)14-6-9-21(34)28-19-12-10-18(11-13-19)23-30-22-24(26-16-27-25(22)31-23)29-20(15-33)17-7-4-3-5-8-17/h3-13,16,20,33H,14-15H2,1-2H3,(H,28,34)(H2,26,27,29,30,31). The highest BCUT2D eigenvalue weighted by molar-refractivity contribution is 5.99. The fraction of sp³-hybridized carbons (Fsp3) is 0.200. The smallest absolute Gasteiger partial charge is 0.248 e. The third-order valence-corrected chi connectivity index (χ3v) is 5.15. The number of carbonyl (C=O) groups excluding carboxylic acids is 1. The molecule has 1 amide bonds. The summed E-state index contributed by atoms with van der Waals surface area (Å²) in [4.78, 5) is 30.5. The SMILES string of the molecule is CN(C)CC=CC(=O)Nc1ccc(-c2nc3ncnc(NC(CO)c4ccccc4)c3[nH]2)cc1. The van der Waals surface area contributed by atoms with E-state index in [2.05, 4.69) is 30.6 Å². The average Bonchev–Trinajstić information content (AvgIpc) is 3.28. The first-order chi connectivity index (χ1) is 16.5. The second kappa shape index (κ2) is 10.7. The maximum atomic E-state index is 12.0. The van der Waals surface area contributed by atoms with E-state index in [4.69, 9.17) is 0 Å². The molecule has 174 valence electrons. The van der Waals surface area contributed by atoms with Crippen LogP contribution in [0.2, 0.25) is 0 Å². The molecule has 1 unspecified atom stereocenters. The molecule has 4 N–H and O–H groups in total. The number of aromatic amines is 1. The highest BCUT2D eigenvalue weighted by Gasteiger charge is 2.16. The van der Waals surface area contributed by atoms with Crippen molar-refractivity contribution in [2.45, 2.75) is 6.04 Å². The van der Waals surface area contributed by atoms with Gasteiger partial charge in [-0.1, -0.05) is 36.4 Å². The van der Waals surface area contributed by atoms with Gasteiger partial charge in [0.2, 0.25) is 5.91 Å². The van der Waals surface area contributed by atoms with E-state index < -0.39 is 0 Å². The van der Waals surface area contributed by atoms with Crippen molar-refractivity contribution >= 4 is 28.6 Å². The summed E-state index contributed by atoms with van der Waals surface area (Å²) in [6, 6.07) is 16.7. The molecule has 4 rings (SSSR count). The minimum Gasteiger partial charge on any atom is -0.394 e. The van der Waals surface area contributed by atoms with Crippen LogP contribution in [0.15, 0.2) is 73.1 Å². The van der Waals surface area contributed by atoms with Crippen molar-refractivity contribution < 1.29 is 9.90 Å². The Bertz CT molecular complexity index is 1270. The maximum Gasteiger partial charge on any atom is 0.248 e. The predicted octanol–water partition coefficient (Wildman–Crippen LogP) is 3.22. The number of hydrogen-bond acceptors (Lipinski definition) is 7. The summed E-state index contributed by atoms with van der Waals surface area (Å²) in [6.07, 6.45) is 4.77. The van der Waals surface area contributed by atoms with E-state index in [0.717, 1.165) is 11.1 Å². The van der Waals surface area contributed by atoms with Crippen LogP contribution in [0.25, 0.3) is 22.6 Å². The molecule has 0 aliphatic rings. The zero-order chi connectivity index (χ0) is 23.9. The molecule has 0 saturated heterocycles. The van der Waals surface area contributed by atoms with Gasteiger partial charge in [-0.15, -0.1) is 0 Å². The Labute approximate surface area is 197 Å². The summed E-state index contributed by atoms with van der Waals surface area (Å²) in [7, 11) is 3.88. The molecule has 0 spiro atoms. The number of nitrogens with one attached hydrogen (secondary N) is 3. The second-order valence-electron chi connectivity index (χ2n) is 8.03. The molecule has 0 saturated carbocycles. The van der Waals surface area contributed by atoms with Crippen molar-refractivity contribution in [1.82, 2.24) is 24.8 Å². The number of aliphatic hydroxyl groups excluding tert-OH is 1. The molecule has 0 radical (unpaired) electrons. The van der Waals surface area contributed by atoms with Gasteiger partial charge in [0.05, 0.1) is 12.6 Å². The topological polar surface area (TPSA) is 119 Å². The highest BCUT2D eigenvalue weighted by atomic mass is 16.3. The Morgan fingerprint density at radius 1 is 1.12 bits per heavy atom. The molecule has 0 bridgehead atoms. The van der Waals surface area contributed by atoms with Gasteiger partial charge in [0.25, 0.3) is 0 Å². The number of benzene rings is 2. The van der Waals surface area contributed by atoms with E-state index >= 15 is 0 Å². The summed E-state index contributed by atoms with van der Waals surface area (Å²) in [5.41, 5.74) is 3.64. The number of aliphatic hydroxyl groups is 1. The normalized spacial score (nSPS) is 12.4. The first kappa shape index (κ1) is 23.1. The summed E-state index contributed by atoms with van der Waals surface area (Å²) in [6.45, 7) is 0.608. The van der Waals surface area contributed by atoms with Gasteiger partial charge in [-0.2, -0.15) is 0 Å². The first-order valence-electron chi connectivity index (χ1n) is 10.9. The van der Waals surface area contributed by atoms with Crippen molar-refractivity contribution in [3.8, 4) is 11.4 Å². The zero-order valence-corrected chi connectivity index (χ0v) is 19.1. The third kappa shape index (κ3) is 5.64. The Balaban J connectivity index is 1.51. The molecular formula is C25H27N7O2. The molecule has 0 fully saturated rings. The molecule has 34 heavy (non-hydrogen) atoms. The molecular weight excluding hydrogens is 430 g/mol. The van der Waals surface area contributed by atoms with Crippen molar-refractivity contribution in [3.05, 3.63) is 78.6 Å². The molecule has 1 atom stereocenters. The fourth-order valence-corrected chi connectivity index (χ4v) is 3.43. The van der Waals surface area contributed by atoms with E-state index in [1.807, 2.05) is 79.7 Å². The van der Waals surface area contributed by atoms with Crippen molar-refractivity contribution in [3.63, 3.8) is 0 Å². The van der Waals surface area contributed by atoms with E-state index in [-0.39, 0.29) is 18.6 Å². The molecule has 2 aromatic heterocycles. The Hall–Kier alpha value is -4.08. The number of hydrogen-bond donors (Lipinski definition) is 4. The van der Waals surface area contributed by atoms with E-state index in [0.29, 0.717) is 35.0 Å². The van der Waals surface area contributed by atoms with Gasteiger partial charge in [-0.3, -0.25) is 4.79 Å². The highest BCUT2D eigenvalue weighted by Crippen LogP contribution is 2.26. The molecule has 0 aliphatic heterocycles. The number of carbonyl (C=O) groups is 1. The van der Waals surface area contributed by atoms with Crippen LogP contribution in [0, 0.1) is 0 Å². The molecule has 4 aromatic rings. The Morgan fingerprint density at radius 3 is 2.59 bits per heavy atom. The monoisotopic (exact) mass is 457 g/mol. The van der Waals surface area contributed by atoms with Crippen LogP contribution in [0.1, 0.15) is 11.6 Å². The fourth-order valence-electron chi connectivity index (χ4n) is 3.43. The van der Waals surface area contributed by atoms with Gasteiger partial charge in [0, 0.05) is 23.9 Å². The lowest BCUT2D eigenvalue weighted by Gasteiger charge is -2.17. The summed E-state index contributed by atoms with van der Waals surface area (Å²) in [5.74, 6) is 1.00. The van der Waals surface area contributed by atoms with Crippen LogP contribution < -0.4 is 10.6 Å². The van der Waals surface area contributed by atoms with Crippen molar-refractivity contribution in [1.29, 1.82) is 0 Å². The van der Waals surface area contributed by atoms with Crippen LogP contribution >= 0.6 is 0 Å². The number of rotatable bonds is 9.